The average Bonchev–Trinajstić information content (AvgIpc) is 2.83. The molecule has 0 bridgehead atoms. The molecule has 2 aliphatic rings. The number of nitrogens with one attached hydrogen (secondary N) is 1. The predicted octanol–water partition coefficient (Wildman–Crippen LogP) is 1.88. The molecule has 2 aromatic heterocycles. The average molecular weight is 411 g/mol. The SMILES string of the molecule is COc1ccnc(N2CCC(N3CCC[C@@H](C(=O)NCc4ccccn4)C3)CC2)n1. The van der Waals surface area contributed by atoms with Gasteiger partial charge in [-0.25, -0.2) is 4.98 Å². The summed E-state index contributed by atoms with van der Waals surface area (Å²) < 4.78 is 5.22. The Morgan fingerprint density at radius 3 is 2.77 bits per heavy atom. The lowest BCUT2D eigenvalue weighted by Gasteiger charge is -2.42. The third kappa shape index (κ3) is 5.05. The molecule has 8 heteroatoms. The number of carbonyl (C=O) groups excluding carboxylic acids is 1. The van der Waals surface area contributed by atoms with Crippen molar-refractivity contribution >= 4 is 11.9 Å². The summed E-state index contributed by atoms with van der Waals surface area (Å²) in [6, 6.07) is 8.05. The Hall–Kier alpha value is -2.74. The van der Waals surface area contributed by atoms with Crippen molar-refractivity contribution in [1.82, 2.24) is 25.2 Å². The highest BCUT2D eigenvalue weighted by Gasteiger charge is 2.32. The van der Waals surface area contributed by atoms with Crippen LogP contribution in [0.5, 0.6) is 5.88 Å². The molecule has 0 spiro atoms. The van der Waals surface area contributed by atoms with Crippen molar-refractivity contribution in [2.75, 3.05) is 38.2 Å². The summed E-state index contributed by atoms with van der Waals surface area (Å²) in [5, 5.41) is 3.07. The van der Waals surface area contributed by atoms with E-state index in [0.717, 1.165) is 63.5 Å². The first-order valence-electron chi connectivity index (χ1n) is 10.8. The molecule has 0 unspecified atom stereocenters. The van der Waals surface area contributed by atoms with Crippen molar-refractivity contribution in [3.8, 4) is 5.88 Å². The van der Waals surface area contributed by atoms with E-state index in [-0.39, 0.29) is 11.8 Å². The van der Waals surface area contributed by atoms with E-state index in [1.165, 1.54) is 0 Å². The monoisotopic (exact) mass is 410 g/mol. The van der Waals surface area contributed by atoms with E-state index in [0.29, 0.717) is 18.5 Å². The van der Waals surface area contributed by atoms with Gasteiger partial charge in [-0.05, 0) is 44.4 Å². The Balaban J connectivity index is 1.27. The lowest BCUT2D eigenvalue weighted by molar-refractivity contribution is -0.127. The maximum atomic E-state index is 12.7. The largest absolute Gasteiger partial charge is 0.481 e. The molecular formula is C22H30N6O2. The van der Waals surface area contributed by atoms with Gasteiger partial charge in [0.2, 0.25) is 17.7 Å². The topological polar surface area (TPSA) is 83.5 Å². The summed E-state index contributed by atoms with van der Waals surface area (Å²) in [5.41, 5.74) is 0.894. The fraction of sp³-hybridized carbons (Fsp3) is 0.545. The van der Waals surface area contributed by atoms with Crippen molar-refractivity contribution in [3.05, 3.63) is 42.4 Å². The Labute approximate surface area is 177 Å². The molecule has 1 atom stereocenters. The summed E-state index contributed by atoms with van der Waals surface area (Å²) >= 11 is 0. The van der Waals surface area contributed by atoms with Gasteiger partial charge < -0.3 is 15.0 Å². The zero-order valence-corrected chi connectivity index (χ0v) is 17.5. The predicted molar refractivity (Wildman–Crippen MR) is 114 cm³/mol. The first-order valence-corrected chi connectivity index (χ1v) is 10.8. The lowest BCUT2D eigenvalue weighted by atomic mass is 9.93. The highest BCUT2D eigenvalue weighted by Crippen LogP contribution is 2.25. The molecule has 0 radical (unpaired) electrons. The fourth-order valence-corrected chi connectivity index (χ4v) is 4.41. The number of piperidine rings is 2. The molecule has 0 aliphatic carbocycles. The lowest BCUT2D eigenvalue weighted by Crippen LogP contribution is -2.51. The number of hydrogen-bond acceptors (Lipinski definition) is 7. The molecular weight excluding hydrogens is 380 g/mol. The molecule has 4 heterocycles. The number of methoxy groups -OCH3 is 1. The second kappa shape index (κ2) is 9.84. The van der Waals surface area contributed by atoms with Crippen LogP contribution in [0.25, 0.3) is 0 Å². The van der Waals surface area contributed by atoms with Crippen LogP contribution in [-0.2, 0) is 11.3 Å². The van der Waals surface area contributed by atoms with Crippen LogP contribution in [0.15, 0.2) is 36.7 Å². The molecule has 160 valence electrons. The Morgan fingerprint density at radius 1 is 1.13 bits per heavy atom. The van der Waals surface area contributed by atoms with E-state index in [1.54, 1.807) is 25.6 Å². The van der Waals surface area contributed by atoms with Crippen molar-refractivity contribution in [2.24, 2.45) is 5.92 Å². The Bertz CT molecular complexity index is 825. The van der Waals surface area contributed by atoms with E-state index in [2.05, 4.69) is 30.1 Å². The van der Waals surface area contributed by atoms with Crippen LogP contribution in [0, 0.1) is 5.92 Å². The standard InChI is InChI=1S/C22H30N6O2/c1-30-20-7-11-24-22(26-20)27-13-8-19(9-14-27)28-12-4-5-17(16-28)21(29)25-15-18-6-2-3-10-23-18/h2-3,6-7,10-11,17,19H,4-5,8-9,12-16H2,1H3,(H,25,29)/t17-/m1/s1. The molecule has 0 saturated carbocycles. The number of rotatable bonds is 6. The molecule has 1 amide bonds. The van der Waals surface area contributed by atoms with Gasteiger partial charge in [-0.2, -0.15) is 4.98 Å². The quantitative estimate of drug-likeness (QED) is 0.778. The molecule has 0 aromatic carbocycles. The number of hydrogen-bond donors (Lipinski definition) is 1. The van der Waals surface area contributed by atoms with Gasteiger partial charge in [-0.3, -0.25) is 14.7 Å². The number of amides is 1. The normalized spacial score (nSPS) is 20.7. The zero-order chi connectivity index (χ0) is 20.8. The first kappa shape index (κ1) is 20.5. The minimum Gasteiger partial charge on any atom is -0.481 e. The fourth-order valence-electron chi connectivity index (χ4n) is 4.41. The van der Waals surface area contributed by atoms with E-state index < -0.39 is 0 Å². The molecule has 2 saturated heterocycles. The second-order valence-electron chi connectivity index (χ2n) is 7.99. The molecule has 4 rings (SSSR count). The number of carbonyl (C=O) groups is 1. The van der Waals surface area contributed by atoms with Gasteiger partial charge in [0, 0.05) is 44.1 Å². The number of nitrogens with zero attached hydrogens (tertiary/aromatic N) is 5. The van der Waals surface area contributed by atoms with Gasteiger partial charge in [0.15, 0.2) is 0 Å². The molecule has 2 aliphatic heterocycles. The number of anilines is 1. The number of pyridine rings is 1. The minimum atomic E-state index is 0.0576. The van der Waals surface area contributed by atoms with Gasteiger partial charge in [0.05, 0.1) is 25.3 Å². The van der Waals surface area contributed by atoms with E-state index >= 15 is 0 Å². The first-order chi connectivity index (χ1) is 14.7. The summed E-state index contributed by atoms with van der Waals surface area (Å²) in [7, 11) is 1.62. The Morgan fingerprint density at radius 2 is 2.00 bits per heavy atom. The van der Waals surface area contributed by atoms with Gasteiger partial charge in [-0.15, -0.1) is 0 Å². The van der Waals surface area contributed by atoms with E-state index in [4.69, 9.17) is 4.74 Å². The minimum absolute atomic E-state index is 0.0576. The smallest absolute Gasteiger partial charge is 0.228 e. The van der Waals surface area contributed by atoms with Crippen molar-refractivity contribution in [2.45, 2.75) is 38.3 Å². The van der Waals surface area contributed by atoms with Crippen molar-refractivity contribution in [3.63, 3.8) is 0 Å². The number of aromatic nitrogens is 3. The number of ether oxygens (including phenoxy) is 1. The molecule has 8 nitrogen and oxygen atoms in total. The third-order valence-corrected chi connectivity index (χ3v) is 6.08. The van der Waals surface area contributed by atoms with E-state index in [1.807, 2.05) is 18.2 Å². The van der Waals surface area contributed by atoms with Gasteiger partial charge in [0.1, 0.15) is 0 Å². The van der Waals surface area contributed by atoms with Crippen LogP contribution in [0.2, 0.25) is 0 Å². The Kier molecular flexibility index (Phi) is 6.74. The van der Waals surface area contributed by atoms with Crippen LogP contribution in [0.3, 0.4) is 0 Å². The summed E-state index contributed by atoms with van der Waals surface area (Å²) in [4.78, 5) is 30.6. The zero-order valence-electron chi connectivity index (χ0n) is 17.5. The van der Waals surface area contributed by atoms with Crippen LogP contribution in [0.1, 0.15) is 31.4 Å². The maximum absolute atomic E-state index is 12.7. The van der Waals surface area contributed by atoms with Gasteiger partial charge in [-0.1, -0.05) is 6.07 Å². The molecule has 2 fully saturated rings. The van der Waals surface area contributed by atoms with Crippen LogP contribution < -0.4 is 15.0 Å². The van der Waals surface area contributed by atoms with Crippen LogP contribution in [0.4, 0.5) is 5.95 Å². The summed E-state index contributed by atoms with van der Waals surface area (Å²) in [5.74, 6) is 1.53. The highest BCUT2D eigenvalue weighted by molar-refractivity contribution is 5.78. The van der Waals surface area contributed by atoms with Crippen molar-refractivity contribution < 1.29 is 9.53 Å². The van der Waals surface area contributed by atoms with Crippen molar-refractivity contribution in [1.29, 1.82) is 0 Å². The molecule has 30 heavy (non-hydrogen) atoms. The van der Waals surface area contributed by atoms with Crippen LogP contribution in [-0.4, -0.2) is 65.1 Å². The number of likely N-dealkylation sites (tertiary alicyclic amines) is 1. The van der Waals surface area contributed by atoms with E-state index in [9.17, 15) is 4.79 Å². The van der Waals surface area contributed by atoms with Gasteiger partial charge in [0.25, 0.3) is 0 Å². The molecule has 1 N–H and O–H groups in total. The van der Waals surface area contributed by atoms with Gasteiger partial charge >= 0.3 is 0 Å². The maximum Gasteiger partial charge on any atom is 0.228 e. The summed E-state index contributed by atoms with van der Waals surface area (Å²) in [6.45, 7) is 4.25. The highest BCUT2D eigenvalue weighted by atomic mass is 16.5. The second-order valence-corrected chi connectivity index (χ2v) is 7.99. The van der Waals surface area contributed by atoms with Crippen LogP contribution >= 0.6 is 0 Å². The molecule has 2 aromatic rings. The third-order valence-electron chi connectivity index (χ3n) is 6.08. The summed E-state index contributed by atoms with van der Waals surface area (Å²) in [6.07, 6.45) is 7.65.